The first-order chi connectivity index (χ1) is 16.4. The van der Waals surface area contributed by atoms with Gasteiger partial charge in [-0.15, -0.1) is 0 Å². The fourth-order valence-electron chi connectivity index (χ4n) is 3.89. The molecule has 2 rings (SSSR count). The van der Waals surface area contributed by atoms with Crippen molar-refractivity contribution < 1.29 is 29.3 Å². The van der Waals surface area contributed by atoms with Gasteiger partial charge in [-0.3, -0.25) is 0 Å². The van der Waals surface area contributed by atoms with Crippen LogP contribution in [0.3, 0.4) is 0 Å². The molecule has 2 aromatic carbocycles. The highest BCUT2D eigenvalue weighted by molar-refractivity contribution is 5.89. The Bertz CT molecular complexity index is 902. The predicted octanol–water partition coefficient (Wildman–Crippen LogP) is 5.17. The van der Waals surface area contributed by atoms with Crippen molar-refractivity contribution in [3.63, 3.8) is 0 Å². The molecule has 0 aliphatic heterocycles. The molecule has 0 spiro atoms. The van der Waals surface area contributed by atoms with Crippen molar-refractivity contribution in [3.05, 3.63) is 83.7 Å². The van der Waals surface area contributed by atoms with Gasteiger partial charge in [0.1, 0.15) is 11.4 Å². The summed E-state index contributed by atoms with van der Waals surface area (Å²) in [4.78, 5) is 21.6. The summed E-state index contributed by atoms with van der Waals surface area (Å²) in [6.07, 6.45) is 2.60. The second kappa shape index (κ2) is 15.1. The minimum Gasteiger partial charge on any atom is -0.478 e. The van der Waals surface area contributed by atoms with E-state index in [0.29, 0.717) is 30.4 Å². The van der Waals surface area contributed by atoms with Gasteiger partial charge in [-0.1, -0.05) is 70.2 Å². The fourth-order valence-corrected chi connectivity index (χ4v) is 3.89. The fraction of sp³-hybridized carbons (Fsp3) is 0.429. The number of carboxylic acid groups (broad SMARTS) is 2. The minimum absolute atomic E-state index is 0.283. The molecular weight excluding hydrogens is 449 g/mol. The number of carboxylic acids is 2. The molecule has 0 aromatic heterocycles. The highest BCUT2D eigenvalue weighted by atomic mass is 19.1. The Hall–Kier alpha value is -3.03. The SMILES string of the molecule is CC(C)CN(CCCC(O)(c1ccccc1)c1ccc(F)cc1)CC(C)C.O=C(O)C=CC(=O)O. The summed E-state index contributed by atoms with van der Waals surface area (Å²) in [6, 6.07) is 16.0. The van der Waals surface area contributed by atoms with Crippen LogP contribution in [0.25, 0.3) is 0 Å². The van der Waals surface area contributed by atoms with Crippen LogP contribution in [0.5, 0.6) is 0 Å². The van der Waals surface area contributed by atoms with Crippen LogP contribution >= 0.6 is 0 Å². The van der Waals surface area contributed by atoms with Gasteiger partial charge in [0.2, 0.25) is 0 Å². The summed E-state index contributed by atoms with van der Waals surface area (Å²) < 4.78 is 13.4. The third kappa shape index (κ3) is 11.8. The maximum absolute atomic E-state index is 13.4. The Labute approximate surface area is 207 Å². The number of rotatable bonds is 12. The van der Waals surface area contributed by atoms with E-state index in [2.05, 4.69) is 32.6 Å². The first kappa shape index (κ1) is 30.0. The lowest BCUT2D eigenvalue weighted by Gasteiger charge is -2.32. The van der Waals surface area contributed by atoms with Crippen molar-refractivity contribution in [3.8, 4) is 0 Å². The molecule has 0 amide bonds. The highest BCUT2D eigenvalue weighted by Gasteiger charge is 2.31. The first-order valence-corrected chi connectivity index (χ1v) is 11.8. The van der Waals surface area contributed by atoms with E-state index in [1.54, 1.807) is 12.1 Å². The van der Waals surface area contributed by atoms with Gasteiger partial charge in [0.15, 0.2) is 0 Å². The number of aliphatic hydroxyl groups is 1. The molecule has 0 saturated heterocycles. The van der Waals surface area contributed by atoms with Gasteiger partial charge in [-0.25, -0.2) is 14.0 Å². The lowest BCUT2D eigenvalue weighted by atomic mass is 9.82. The van der Waals surface area contributed by atoms with E-state index in [-0.39, 0.29) is 5.82 Å². The molecule has 6 nitrogen and oxygen atoms in total. The summed E-state index contributed by atoms with van der Waals surface area (Å²) in [5.74, 6) is -1.56. The molecule has 35 heavy (non-hydrogen) atoms. The largest absolute Gasteiger partial charge is 0.478 e. The zero-order valence-corrected chi connectivity index (χ0v) is 21.0. The molecule has 0 saturated carbocycles. The molecule has 7 heteroatoms. The van der Waals surface area contributed by atoms with Crippen molar-refractivity contribution in [2.24, 2.45) is 11.8 Å². The van der Waals surface area contributed by atoms with E-state index in [9.17, 15) is 19.1 Å². The first-order valence-electron chi connectivity index (χ1n) is 11.8. The molecule has 1 atom stereocenters. The number of nitrogens with zero attached hydrogens (tertiary/aromatic N) is 1. The second-order valence-electron chi connectivity index (χ2n) is 9.39. The second-order valence-corrected chi connectivity index (χ2v) is 9.39. The molecule has 0 heterocycles. The Morgan fingerprint density at radius 2 is 1.31 bits per heavy atom. The molecule has 0 fully saturated rings. The van der Waals surface area contributed by atoms with Crippen LogP contribution in [-0.4, -0.2) is 51.8 Å². The molecule has 1 unspecified atom stereocenters. The topological polar surface area (TPSA) is 98.1 Å². The molecular formula is C28H38FNO5. The zero-order valence-electron chi connectivity index (χ0n) is 21.0. The third-order valence-electron chi connectivity index (χ3n) is 5.20. The number of aliphatic carboxylic acids is 2. The van der Waals surface area contributed by atoms with E-state index in [1.807, 2.05) is 30.3 Å². The smallest absolute Gasteiger partial charge is 0.328 e. The van der Waals surface area contributed by atoms with Gasteiger partial charge < -0.3 is 20.2 Å². The Balaban J connectivity index is 0.000000658. The Morgan fingerprint density at radius 1 is 0.857 bits per heavy atom. The summed E-state index contributed by atoms with van der Waals surface area (Å²) >= 11 is 0. The molecule has 0 aliphatic rings. The van der Waals surface area contributed by atoms with E-state index >= 15 is 0 Å². The Kier molecular flexibility index (Phi) is 12.9. The Morgan fingerprint density at radius 3 is 1.74 bits per heavy atom. The molecule has 0 radical (unpaired) electrons. The van der Waals surface area contributed by atoms with Crippen LogP contribution < -0.4 is 0 Å². The average molecular weight is 488 g/mol. The maximum atomic E-state index is 13.4. The lowest BCUT2D eigenvalue weighted by Crippen LogP contribution is -2.34. The van der Waals surface area contributed by atoms with Crippen LogP contribution in [0.15, 0.2) is 66.7 Å². The third-order valence-corrected chi connectivity index (χ3v) is 5.20. The van der Waals surface area contributed by atoms with Crippen LogP contribution in [0.2, 0.25) is 0 Å². The van der Waals surface area contributed by atoms with Crippen LogP contribution in [0.4, 0.5) is 4.39 Å². The van der Waals surface area contributed by atoms with Crippen LogP contribution in [0.1, 0.15) is 51.7 Å². The van der Waals surface area contributed by atoms with Gasteiger partial charge in [-0.05, 0) is 54.5 Å². The van der Waals surface area contributed by atoms with Crippen molar-refractivity contribution in [1.82, 2.24) is 4.90 Å². The number of hydrogen-bond donors (Lipinski definition) is 3. The van der Waals surface area contributed by atoms with Crippen LogP contribution in [0, 0.1) is 17.7 Å². The number of hydrogen-bond acceptors (Lipinski definition) is 4. The lowest BCUT2D eigenvalue weighted by molar-refractivity contribution is -0.134. The standard InChI is InChI=1S/C24H34FNO.C4H4O4/c1-19(2)17-26(18-20(3)4)16-8-15-24(27,21-9-6-5-7-10-21)22-11-13-23(25)14-12-22;5-3(6)1-2-4(7)8/h5-7,9-14,19-20,27H,8,15-18H2,1-4H3;1-2H,(H,5,6)(H,7,8). The molecule has 3 N–H and O–H groups in total. The molecule has 2 aromatic rings. The van der Waals surface area contributed by atoms with Crippen molar-refractivity contribution in [2.75, 3.05) is 19.6 Å². The van der Waals surface area contributed by atoms with Crippen molar-refractivity contribution in [2.45, 2.75) is 46.1 Å². The zero-order chi connectivity index (χ0) is 26.4. The van der Waals surface area contributed by atoms with Crippen LogP contribution in [-0.2, 0) is 15.2 Å². The van der Waals surface area contributed by atoms with E-state index in [0.717, 1.165) is 37.2 Å². The van der Waals surface area contributed by atoms with Gasteiger partial charge >= 0.3 is 11.9 Å². The molecule has 192 valence electrons. The van der Waals surface area contributed by atoms with E-state index < -0.39 is 17.5 Å². The minimum atomic E-state index is -1.26. The highest BCUT2D eigenvalue weighted by Crippen LogP contribution is 2.34. The number of benzene rings is 2. The maximum Gasteiger partial charge on any atom is 0.328 e. The van der Waals surface area contributed by atoms with Gasteiger partial charge in [-0.2, -0.15) is 0 Å². The van der Waals surface area contributed by atoms with Gasteiger partial charge in [0, 0.05) is 25.2 Å². The monoisotopic (exact) mass is 487 g/mol. The normalized spacial score (nSPS) is 13.1. The van der Waals surface area contributed by atoms with Gasteiger partial charge in [0.05, 0.1) is 0 Å². The predicted molar refractivity (Wildman–Crippen MR) is 136 cm³/mol. The summed E-state index contributed by atoms with van der Waals surface area (Å²) in [7, 11) is 0. The summed E-state index contributed by atoms with van der Waals surface area (Å²) in [6.45, 7) is 12.1. The van der Waals surface area contributed by atoms with Crippen molar-refractivity contribution >= 4 is 11.9 Å². The quantitative estimate of drug-likeness (QED) is 0.358. The molecule has 0 aliphatic carbocycles. The summed E-state index contributed by atoms with van der Waals surface area (Å²) in [5.41, 5.74) is 0.501. The van der Waals surface area contributed by atoms with Crippen molar-refractivity contribution in [1.29, 1.82) is 0 Å². The number of halogens is 1. The van der Waals surface area contributed by atoms with E-state index in [4.69, 9.17) is 10.2 Å². The number of carbonyl (C=O) groups is 2. The van der Waals surface area contributed by atoms with E-state index in [1.165, 1.54) is 12.1 Å². The summed E-state index contributed by atoms with van der Waals surface area (Å²) in [5, 5.41) is 27.2. The molecule has 0 bridgehead atoms. The average Bonchev–Trinajstić information content (AvgIpc) is 2.78. The van der Waals surface area contributed by atoms with Gasteiger partial charge in [0.25, 0.3) is 0 Å².